The van der Waals surface area contributed by atoms with Gasteiger partial charge in [0.25, 0.3) is 5.91 Å². The van der Waals surface area contributed by atoms with E-state index in [1.807, 2.05) is 0 Å². The van der Waals surface area contributed by atoms with E-state index >= 15 is 0 Å². The number of carboxylic acids is 1. The van der Waals surface area contributed by atoms with Crippen LogP contribution in [0.4, 0.5) is 0 Å². The predicted octanol–water partition coefficient (Wildman–Crippen LogP) is 4.58. The van der Waals surface area contributed by atoms with Crippen molar-refractivity contribution in [2.75, 3.05) is 0 Å². The standard InChI is InChI=1S/C34H35Cl2N3O9S/c1-20(2)28(39-49(45,46)19-23-13-8-5-9-14-23)26-18-34(48-38-26,17-22-11-6-4-7-12-22)33(44)37-29(21(3)40)30(31(41)42)47-32(43)27-24(35)15-10-16-25(27)36/h4-16,20,28-30,39H,17-19H2,1-3H3,(H,37,44)(H,41,42)/t28-,29+,30?,34?/m0/s1. The van der Waals surface area contributed by atoms with Crippen molar-refractivity contribution in [1.82, 2.24) is 10.0 Å². The third-order valence-electron chi connectivity index (χ3n) is 7.75. The van der Waals surface area contributed by atoms with E-state index in [2.05, 4.69) is 15.2 Å². The Hall–Kier alpha value is -4.30. The van der Waals surface area contributed by atoms with Crippen molar-refractivity contribution in [3.8, 4) is 0 Å². The highest BCUT2D eigenvalue weighted by molar-refractivity contribution is 7.88. The number of carboxylic acid groups (broad SMARTS) is 1. The van der Waals surface area contributed by atoms with E-state index in [0.717, 1.165) is 6.92 Å². The average molecular weight is 733 g/mol. The molecule has 0 aliphatic carbocycles. The predicted molar refractivity (Wildman–Crippen MR) is 183 cm³/mol. The van der Waals surface area contributed by atoms with Gasteiger partial charge < -0.3 is 20.0 Å². The van der Waals surface area contributed by atoms with Gasteiger partial charge in [0.2, 0.25) is 21.7 Å². The Morgan fingerprint density at radius 2 is 1.51 bits per heavy atom. The molecule has 1 aliphatic rings. The number of nitrogens with one attached hydrogen (secondary N) is 2. The minimum Gasteiger partial charge on any atom is -0.478 e. The number of hydrogen-bond donors (Lipinski definition) is 3. The zero-order chi connectivity index (χ0) is 35.9. The molecular formula is C34H35Cl2N3O9S. The Labute approximate surface area is 293 Å². The molecule has 15 heteroatoms. The van der Waals surface area contributed by atoms with Gasteiger partial charge in [-0.25, -0.2) is 22.7 Å². The average Bonchev–Trinajstić information content (AvgIpc) is 3.46. The molecule has 0 saturated carbocycles. The number of oxime groups is 1. The number of benzene rings is 3. The van der Waals surface area contributed by atoms with Crippen LogP contribution >= 0.6 is 23.2 Å². The third-order valence-corrected chi connectivity index (χ3v) is 9.71. The lowest BCUT2D eigenvalue weighted by atomic mass is 9.85. The number of nitrogens with zero attached hydrogens (tertiary/aromatic N) is 1. The van der Waals surface area contributed by atoms with Crippen LogP contribution in [0, 0.1) is 5.92 Å². The van der Waals surface area contributed by atoms with Crippen molar-refractivity contribution in [3.63, 3.8) is 0 Å². The van der Waals surface area contributed by atoms with Gasteiger partial charge in [-0.2, -0.15) is 0 Å². The number of sulfonamides is 1. The summed E-state index contributed by atoms with van der Waals surface area (Å²) in [5.41, 5.74) is -0.749. The van der Waals surface area contributed by atoms with E-state index < -0.39 is 57.4 Å². The van der Waals surface area contributed by atoms with Crippen LogP contribution in [-0.4, -0.2) is 66.7 Å². The lowest BCUT2D eigenvalue weighted by Gasteiger charge is -2.30. The van der Waals surface area contributed by atoms with Crippen molar-refractivity contribution in [2.45, 2.75) is 63.2 Å². The molecule has 0 radical (unpaired) electrons. The maximum absolute atomic E-state index is 14.2. The molecule has 0 saturated heterocycles. The maximum Gasteiger partial charge on any atom is 0.347 e. The Bertz CT molecular complexity index is 1820. The van der Waals surface area contributed by atoms with Crippen molar-refractivity contribution in [2.24, 2.45) is 11.1 Å². The molecule has 260 valence electrons. The fraction of sp³-hybridized carbons (Fsp3) is 0.324. The quantitative estimate of drug-likeness (QED) is 0.189. The van der Waals surface area contributed by atoms with Crippen LogP contribution in [0.3, 0.4) is 0 Å². The van der Waals surface area contributed by atoms with Crippen LogP contribution < -0.4 is 10.0 Å². The number of ether oxygens (including phenoxy) is 1. The summed E-state index contributed by atoms with van der Waals surface area (Å²) in [4.78, 5) is 58.2. The van der Waals surface area contributed by atoms with Crippen molar-refractivity contribution < 1.29 is 42.3 Å². The van der Waals surface area contributed by atoms with E-state index in [-0.39, 0.29) is 45.8 Å². The van der Waals surface area contributed by atoms with Gasteiger partial charge in [0.05, 0.1) is 33.1 Å². The number of hydrogen-bond acceptors (Lipinski definition) is 9. The summed E-state index contributed by atoms with van der Waals surface area (Å²) in [6.45, 7) is 4.57. The molecule has 2 unspecified atom stereocenters. The summed E-state index contributed by atoms with van der Waals surface area (Å²) in [6, 6.07) is 18.7. The second-order valence-corrected chi connectivity index (χ2v) is 14.5. The van der Waals surface area contributed by atoms with E-state index in [4.69, 9.17) is 32.8 Å². The number of aliphatic carboxylic acids is 1. The molecule has 4 rings (SSSR count). The first-order valence-corrected chi connectivity index (χ1v) is 17.6. The fourth-order valence-electron chi connectivity index (χ4n) is 5.30. The molecule has 0 bridgehead atoms. The van der Waals surface area contributed by atoms with Gasteiger partial charge in [0.15, 0.2) is 5.78 Å². The molecule has 0 aromatic heterocycles. The lowest BCUT2D eigenvalue weighted by Crippen LogP contribution is -2.59. The topological polar surface area (TPSA) is 178 Å². The molecule has 49 heavy (non-hydrogen) atoms. The van der Waals surface area contributed by atoms with E-state index in [1.54, 1.807) is 74.5 Å². The smallest absolute Gasteiger partial charge is 0.347 e. The molecule has 4 atom stereocenters. The van der Waals surface area contributed by atoms with Crippen molar-refractivity contribution >= 4 is 62.6 Å². The Morgan fingerprint density at radius 1 is 0.939 bits per heavy atom. The SMILES string of the molecule is CC(=O)[C@@H](NC(=O)C1(Cc2ccccc2)CC([C@@H](NS(=O)(=O)Cc2ccccc2)C(C)C)=NO1)C(OC(=O)c1c(Cl)cccc1Cl)C(=O)O. The molecule has 1 aliphatic heterocycles. The summed E-state index contributed by atoms with van der Waals surface area (Å²) in [5, 5.41) is 16.4. The zero-order valence-electron chi connectivity index (χ0n) is 26.8. The lowest BCUT2D eigenvalue weighted by molar-refractivity contribution is -0.155. The van der Waals surface area contributed by atoms with Crippen molar-refractivity contribution in [3.05, 3.63) is 106 Å². The number of carbonyl (C=O) groups is 4. The van der Waals surface area contributed by atoms with Crippen LogP contribution in [0.15, 0.2) is 84.0 Å². The number of carbonyl (C=O) groups excluding carboxylic acids is 3. The minimum absolute atomic E-state index is 0.0916. The van der Waals surface area contributed by atoms with Crippen LogP contribution in [-0.2, 0) is 46.2 Å². The molecule has 1 heterocycles. The first kappa shape index (κ1) is 37.5. The molecule has 3 aromatic carbocycles. The highest BCUT2D eigenvalue weighted by Crippen LogP contribution is 2.32. The summed E-state index contributed by atoms with van der Waals surface area (Å²) < 4.78 is 34.3. The summed E-state index contributed by atoms with van der Waals surface area (Å²) in [7, 11) is -3.89. The van der Waals surface area contributed by atoms with Crippen LogP contribution in [0.2, 0.25) is 10.0 Å². The van der Waals surface area contributed by atoms with Crippen LogP contribution in [0.25, 0.3) is 0 Å². The van der Waals surface area contributed by atoms with E-state index in [1.165, 1.54) is 18.2 Å². The number of Topliss-reactive ketones (excluding diaryl/α,β-unsaturated/α-hetero) is 1. The zero-order valence-corrected chi connectivity index (χ0v) is 29.1. The summed E-state index contributed by atoms with van der Waals surface area (Å²) >= 11 is 12.2. The second kappa shape index (κ2) is 15.9. The highest BCUT2D eigenvalue weighted by atomic mass is 35.5. The third kappa shape index (κ3) is 9.44. The summed E-state index contributed by atoms with van der Waals surface area (Å²) in [5.74, 6) is -5.38. The molecule has 0 fully saturated rings. The Kier molecular flexibility index (Phi) is 12.2. The minimum atomic E-state index is -3.89. The highest BCUT2D eigenvalue weighted by Gasteiger charge is 2.51. The Morgan fingerprint density at radius 3 is 2.04 bits per heavy atom. The molecule has 3 N–H and O–H groups in total. The van der Waals surface area contributed by atoms with Gasteiger partial charge in [-0.3, -0.25) is 9.59 Å². The largest absolute Gasteiger partial charge is 0.478 e. The van der Waals surface area contributed by atoms with Gasteiger partial charge in [-0.1, -0.05) is 109 Å². The number of ketones is 1. The Balaban J connectivity index is 1.62. The first-order valence-electron chi connectivity index (χ1n) is 15.1. The summed E-state index contributed by atoms with van der Waals surface area (Å²) in [6.07, 6.45) is -2.50. The number of esters is 1. The van der Waals surface area contributed by atoms with Gasteiger partial charge in [0.1, 0.15) is 6.04 Å². The van der Waals surface area contributed by atoms with Gasteiger partial charge in [-0.15, -0.1) is 0 Å². The normalized spacial score (nSPS) is 17.7. The van der Waals surface area contributed by atoms with Gasteiger partial charge in [0, 0.05) is 12.8 Å². The molecule has 12 nitrogen and oxygen atoms in total. The van der Waals surface area contributed by atoms with Gasteiger partial charge >= 0.3 is 11.9 Å². The molecular weight excluding hydrogens is 697 g/mol. The van der Waals surface area contributed by atoms with Crippen LogP contribution in [0.1, 0.15) is 48.7 Å². The number of amides is 1. The first-order chi connectivity index (χ1) is 23.1. The van der Waals surface area contributed by atoms with Crippen LogP contribution in [0.5, 0.6) is 0 Å². The van der Waals surface area contributed by atoms with E-state index in [0.29, 0.717) is 11.1 Å². The molecule has 1 amide bonds. The molecule has 0 spiro atoms. The second-order valence-electron chi connectivity index (χ2n) is 11.9. The number of halogens is 2. The van der Waals surface area contributed by atoms with Gasteiger partial charge in [-0.05, 0) is 36.1 Å². The fourth-order valence-corrected chi connectivity index (χ4v) is 7.36. The molecule has 3 aromatic rings. The monoisotopic (exact) mass is 731 g/mol. The van der Waals surface area contributed by atoms with E-state index in [9.17, 15) is 32.7 Å². The maximum atomic E-state index is 14.2. The van der Waals surface area contributed by atoms with Crippen molar-refractivity contribution in [1.29, 1.82) is 0 Å². The number of rotatable bonds is 15.